The Hall–Kier alpha value is -2.87. The van der Waals surface area contributed by atoms with Crippen LogP contribution in [-0.4, -0.2) is 67.4 Å². The number of amides is 1. The van der Waals surface area contributed by atoms with Gasteiger partial charge in [-0.05, 0) is 71.0 Å². The molecule has 0 aromatic rings. The molecule has 194 valence electrons. The van der Waals surface area contributed by atoms with E-state index >= 15 is 0 Å². The van der Waals surface area contributed by atoms with Crippen molar-refractivity contribution in [3.05, 3.63) is 48.0 Å². The van der Waals surface area contributed by atoms with E-state index in [-0.39, 0.29) is 11.8 Å². The van der Waals surface area contributed by atoms with Crippen LogP contribution in [0.5, 0.6) is 0 Å². The van der Waals surface area contributed by atoms with Crippen LogP contribution < -0.4 is 11.1 Å². The van der Waals surface area contributed by atoms with Crippen molar-refractivity contribution in [2.45, 2.75) is 59.3 Å². The fourth-order valence-electron chi connectivity index (χ4n) is 4.22. The summed E-state index contributed by atoms with van der Waals surface area (Å²) in [5.41, 5.74) is 8.43. The number of amidine groups is 2. The number of likely N-dealkylation sites (tertiary alicyclic amines) is 1. The third kappa shape index (κ3) is 10.9. The van der Waals surface area contributed by atoms with Gasteiger partial charge in [0.05, 0.1) is 6.61 Å². The maximum Gasteiger partial charge on any atom is 0.320 e. The lowest BCUT2D eigenvalue weighted by atomic mass is 9.86. The maximum absolute atomic E-state index is 10.6. The van der Waals surface area contributed by atoms with Crippen molar-refractivity contribution >= 4 is 18.3 Å². The highest BCUT2D eigenvalue weighted by atomic mass is 16.5. The molecular formula is C27H44N6O2. The number of hydrogen-bond donors (Lipinski definition) is 2. The van der Waals surface area contributed by atoms with Crippen LogP contribution in [0.15, 0.2) is 58.0 Å². The van der Waals surface area contributed by atoms with Crippen molar-refractivity contribution < 1.29 is 9.53 Å². The summed E-state index contributed by atoms with van der Waals surface area (Å²) >= 11 is 0. The Bertz CT molecular complexity index is 833. The van der Waals surface area contributed by atoms with Gasteiger partial charge < -0.3 is 20.7 Å². The highest BCUT2D eigenvalue weighted by molar-refractivity contribution is 5.92. The van der Waals surface area contributed by atoms with Gasteiger partial charge in [0.15, 0.2) is 0 Å². The van der Waals surface area contributed by atoms with Gasteiger partial charge in [-0.15, -0.1) is 0 Å². The van der Waals surface area contributed by atoms with Crippen LogP contribution in [-0.2, 0) is 9.53 Å². The van der Waals surface area contributed by atoms with E-state index in [0.717, 1.165) is 31.8 Å². The fourth-order valence-corrected chi connectivity index (χ4v) is 4.22. The molecule has 1 aliphatic carbocycles. The summed E-state index contributed by atoms with van der Waals surface area (Å²) in [5, 5.41) is 2.40. The van der Waals surface area contributed by atoms with Crippen molar-refractivity contribution in [2.24, 2.45) is 21.6 Å². The van der Waals surface area contributed by atoms with Gasteiger partial charge in [0.25, 0.3) is 0 Å². The van der Waals surface area contributed by atoms with Gasteiger partial charge in [-0.25, -0.2) is 0 Å². The second-order valence-corrected chi connectivity index (χ2v) is 9.33. The number of hydrogen-bond acceptors (Lipinski definition) is 5. The van der Waals surface area contributed by atoms with Crippen LogP contribution in [0, 0.1) is 5.92 Å². The normalized spacial score (nSPS) is 19.2. The Morgan fingerprint density at radius 1 is 1.20 bits per heavy atom. The minimum atomic E-state index is 0.129. The lowest BCUT2D eigenvalue weighted by Crippen LogP contribution is -2.32. The van der Waals surface area contributed by atoms with Crippen LogP contribution in [0.25, 0.3) is 0 Å². The topological polar surface area (TPSA) is 95.5 Å². The van der Waals surface area contributed by atoms with Gasteiger partial charge in [-0.3, -0.25) is 9.69 Å². The van der Waals surface area contributed by atoms with E-state index in [1.165, 1.54) is 56.1 Å². The van der Waals surface area contributed by atoms with E-state index < -0.39 is 0 Å². The Kier molecular flexibility index (Phi) is 12.9. The molecule has 0 aromatic carbocycles. The van der Waals surface area contributed by atoms with E-state index in [2.05, 4.69) is 57.7 Å². The van der Waals surface area contributed by atoms with E-state index in [4.69, 9.17) is 10.5 Å². The highest BCUT2D eigenvalue weighted by Crippen LogP contribution is 2.26. The van der Waals surface area contributed by atoms with Crippen molar-refractivity contribution in [2.75, 3.05) is 39.3 Å². The molecule has 0 unspecified atom stereocenters. The number of carbonyl (C=O) groups excluding carboxylic acids is 1. The molecule has 0 radical (unpaired) electrons. The van der Waals surface area contributed by atoms with Crippen molar-refractivity contribution in [3.8, 4) is 0 Å². The lowest BCUT2D eigenvalue weighted by Gasteiger charge is -2.27. The number of aliphatic imine (C=N–C) groups is 2. The minimum absolute atomic E-state index is 0.129. The van der Waals surface area contributed by atoms with Crippen LogP contribution in [0.3, 0.4) is 0 Å². The molecule has 1 saturated carbocycles. The molecule has 1 amide bonds. The second kappa shape index (κ2) is 15.9. The zero-order valence-corrected chi connectivity index (χ0v) is 21.8. The summed E-state index contributed by atoms with van der Waals surface area (Å²) in [6, 6.07) is 0.209. The second-order valence-electron chi connectivity index (χ2n) is 9.33. The van der Waals surface area contributed by atoms with E-state index in [1.807, 2.05) is 13.0 Å². The Morgan fingerprint density at radius 2 is 1.94 bits per heavy atom. The molecule has 1 heterocycles. The molecule has 1 saturated heterocycles. The number of rotatable bonds is 12. The summed E-state index contributed by atoms with van der Waals surface area (Å²) in [5.74, 6) is 1.45. The first-order valence-corrected chi connectivity index (χ1v) is 12.8. The molecule has 2 fully saturated rings. The quantitative estimate of drug-likeness (QED) is 0.189. The average molecular weight is 485 g/mol. The zero-order valence-electron chi connectivity index (χ0n) is 21.8. The average Bonchev–Trinajstić information content (AvgIpc) is 2.80. The number of nitrogens with one attached hydrogen (secondary N) is 1. The van der Waals surface area contributed by atoms with Gasteiger partial charge in [0.2, 0.25) is 6.41 Å². The van der Waals surface area contributed by atoms with Gasteiger partial charge >= 0.3 is 6.02 Å². The van der Waals surface area contributed by atoms with E-state index in [1.54, 1.807) is 0 Å². The van der Waals surface area contributed by atoms with Crippen molar-refractivity contribution in [1.82, 2.24) is 15.1 Å². The molecule has 3 N–H and O–H groups in total. The fraction of sp³-hybridized carbons (Fsp3) is 0.593. The monoisotopic (exact) mass is 484 g/mol. The van der Waals surface area contributed by atoms with Gasteiger partial charge in [-0.2, -0.15) is 9.98 Å². The van der Waals surface area contributed by atoms with Crippen molar-refractivity contribution in [3.63, 3.8) is 0 Å². The third-order valence-corrected chi connectivity index (χ3v) is 6.35. The molecule has 2 rings (SSSR count). The first kappa shape index (κ1) is 28.4. The molecular weight excluding hydrogens is 440 g/mol. The lowest BCUT2D eigenvalue weighted by molar-refractivity contribution is -0.108. The SMILES string of the molecule is C=C/C=C(\C=C(/C)CN1CCCCC1)CN(CC)/C(C)=N/C(=N\C(N)=C\NC=O)OCC1CCC1. The van der Waals surface area contributed by atoms with Gasteiger partial charge in [-0.1, -0.05) is 43.2 Å². The van der Waals surface area contributed by atoms with Crippen LogP contribution in [0.2, 0.25) is 0 Å². The van der Waals surface area contributed by atoms with E-state index in [0.29, 0.717) is 25.5 Å². The summed E-state index contributed by atoms with van der Waals surface area (Å²) < 4.78 is 5.91. The summed E-state index contributed by atoms with van der Waals surface area (Å²) in [7, 11) is 0. The molecule has 1 aliphatic heterocycles. The predicted octanol–water partition coefficient (Wildman–Crippen LogP) is 3.95. The zero-order chi connectivity index (χ0) is 25.5. The molecule has 8 nitrogen and oxygen atoms in total. The number of carbonyl (C=O) groups is 1. The number of ether oxygens (including phenoxy) is 1. The number of allylic oxidation sites excluding steroid dienone is 2. The summed E-state index contributed by atoms with van der Waals surface area (Å²) in [6.45, 7) is 15.6. The number of nitrogens with zero attached hydrogens (tertiary/aromatic N) is 4. The molecule has 35 heavy (non-hydrogen) atoms. The third-order valence-electron chi connectivity index (χ3n) is 6.35. The highest BCUT2D eigenvalue weighted by Gasteiger charge is 2.19. The first-order chi connectivity index (χ1) is 16.9. The molecule has 0 atom stereocenters. The Morgan fingerprint density at radius 3 is 2.54 bits per heavy atom. The van der Waals surface area contributed by atoms with Crippen LogP contribution >= 0.6 is 0 Å². The number of piperidine rings is 1. The number of likely N-dealkylation sites (N-methyl/N-ethyl adjacent to an activating group) is 1. The molecule has 0 bridgehead atoms. The van der Waals surface area contributed by atoms with E-state index in [9.17, 15) is 4.79 Å². The first-order valence-electron chi connectivity index (χ1n) is 12.8. The molecule has 2 aliphatic rings. The largest absolute Gasteiger partial charge is 0.463 e. The van der Waals surface area contributed by atoms with Gasteiger partial charge in [0, 0.05) is 25.8 Å². The van der Waals surface area contributed by atoms with Crippen LogP contribution in [0.4, 0.5) is 0 Å². The molecule has 0 aromatic heterocycles. The number of nitrogens with two attached hydrogens (primary N) is 1. The standard InChI is InChI=1S/C27H44N6O2/c1-5-11-25(16-22(3)18-32-14-8-7-9-15-32)19-33(6-2)23(4)30-27(31-26(28)17-29-21-34)35-20-24-12-10-13-24/h5,11,16-17,21,24H,1,6-10,12-15,18-20,28H2,2-4H3,(H,29,34)/b22-16+,25-11+,26-17+,30-23+,31-27+. The molecule has 8 heteroatoms. The summed E-state index contributed by atoms with van der Waals surface area (Å²) in [4.78, 5) is 24.2. The van der Waals surface area contributed by atoms with Crippen LogP contribution in [0.1, 0.15) is 59.3 Å². The predicted molar refractivity (Wildman–Crippen MR) is 145 cm³/mol. The van der Waals surface area contributed by atoms with Gasteiger partial charge in [0.1, 0.15) is 11.7 Å². The maximum atomic E-state index is 10.6. The van der Waals surface area contributed by atoms with Crippen molar-refractivity contribution in [1.29, 1.82) is 0 Å². The smallest absolute Gasteiger partial charge is 0.320 e. The Labute approximate surface area is 211 Å². The molecule has 0 spiro atoms. The Balaban J connectivity index is 2.13. The summed E-state index contributed by atoms with van der Waals surface area (Å²) in [6.07, 6.45) is 15.5. The minimum Gasteiger partial charge on any atom is -0.463 e.